The second kappa shape index (κ2) is 5.55. The number of nitrogens with zero attached hydrogens (tertiary/aromatic N) is 3. The molecule has 1 N–H and O–H groups in total. The van der Waals surface area contributed by atoms with Crippen molar-refractivity contribution < 1.29 is 19.1 Å². The molecule has 1 saturated heterocycles. The molecule has 21 heavy (non-hydrogen) atoms. The number of carboxylic acid groups (broad SMARTS) is 1. The Labute approximate surface area is 125 Å². The third kappa shape index (κ3) is 2.97. The second-order valence-corrected chi connectivity index (χ2v) is 5.73. The van der Waals surface area contributed by atoms with Crippen LogP contribution in [0.5, 0.6) is 0 Å². The van der Waals surface area contributed by atoms with Gasteiger partial charge in [0.1, 0.15) is 5.82 Å². The summed E-state index contributed by atoms with van der Waals surface area (Å²) >= 11 is 5.93. The maximum absolute atomic E-state index is 14.0. The van der Waals surface area contributed by atoms with Crippen molar-refractivity contribution in [1.29, 1.82) is 0 Å². The predicted molar refractivity (Wildman–Crippen MR) is 73.1 cm³/mol. The summed E-state index contributed by atoms with van der Waals surface area (Å²) in [4.78, 5) is 32.5. The molecule has 0 radical (unpaired) electrons. The van der Waals surface area contributed by atoms with Crippen molar-refractivity contribution in [3.63, 3.8) is 0 Å². The summed E-state index contributed by atoms with van der Waals surface area (Å²) in [5.74, 6) is -1.68. The molecule has 2 heterocycles. The first-order valence-corrected chi connectivity index (χ1v) is 6.86. The van der Waals surface area contributed by atoms with Gasteiger partial charge in [0.05, 0.1) is 17.8 Å². The van der Waals surface area contributed by atoms with E-state index in [9.17, 15) is 14.0 Å². The number of aliphatic carboxylic acids is 1. The van der Waals surface area contributed by atoms with Gasteiger partial charge in [0.15, 0.2) is 5.69 Å². The molecular weight excluding hydrogens is 301 g/mol. The van der Waals surface area contributed by atoms with E-state index in [0.29, 0.717) is 5.82 Å². The van der Waals surface area contributed by atoms with Crippen molar-refractivity contribution in [2.75, 3.05) is 13.1 Å². The van der Waals surface area contributed by atoms with Crippen molar-refractivity contribution in [3.8, 4) is 0 Å². The topological polar surface area (TPSA) is 83.4 Å². The van der Waals surface area contributed by atoms with Crippen molar-refractivity contribution >= 4 is 23.5 Å². The smallest absolute Gasteiger partial charge is 0.343 e. The number of hydrogen-bond acceptors (Lipinski definition) is 4. The Bertz CT molecular complexity index is 596. The molecule has 1 unspecified atom stereocenters. The van der Waals surface area contributed by atoms with E-state index in [1.807, 2.05) is 13.8 Å². The van der Waals surface area contributed by atoms with Gasteiger partial charge in [0, 0.05) is 18.9 Å². The van der Waals surface area contributed by atoms with Crippen LogP contribution in [0.15, 0.2) is 6.20 Å². The summed E-state index contributed by atoms with van der Waals surface area (Å²) in [7, 11) is 0. The minimum absolute atomic E-state index is 0.00619. The van der Waals surface area contributed by atoms with E-state index in [0.717, 1.165) is 4.90 Å². The highest BCUT2D eigenvalue weighted by Gasteiger charge is 2.47. The van der Waals surface area contributed by atoms with E-state index >= 15 is 0 Å². The van der Waals surface area contributed by atoms with Crippen LogP contribution in [0.25, 0.3) is 0 Å². The molecule has 0 spiro atoms. The Kier molecular flexibility index (Phi) is 4.13. The number of rotatable bonds is 3. The third-order valence-corrected chi connectivity index (χ3v) is 3.65. The fourth-order valence-electron chi connectivity index (χ4n) is 2.08. The Hall–Kier alpha value is -1.76. The zero-order valence-electron chi connectivity index (χ0n) is 11.6. The molecule has 1 aliphatic rings. The van der Waals surface area contributed by atoms with Gasteiger partial charge in [-0.05, 0) is 0 Å². The van der Waals surface area contributed by atoms with E-state index in [1.54, 1.807) is 0 Å². The van der Waals surface area contributed by atoms with Gasteiger partial charge in [-0.15, -0.1) is 0 Å². The van der Waals surface area contributed by atoms with Gasteiger partial charge < -0.3 is 10.0 Å². The summed E-state index contributed by atoms with van der Waals surface area (Å²) < 4.78 is 14.0. The molecule has 1 amide bonds. The molecule has 1 aliphatic heterocycles. The quantitative estimate of drug-likeness (QED) is 0.921. The normalized spacial score (nSPS) is 21.9. The maximum Gasteiger partial charge on any atom is 0.343 e. The fraction of sp³-hybridized carbons (Fsp3) is 0.538. The van der Waals surface area contributed by atoms with Gasteiger partial charge in [-0.25, -0.2) is 19.2 Å². The number of likely N-dealkylation sites (tertiary alicyclic amines) is 1. The van der Waals surface area contributed by atoms with Gasteiger partial charge in [-0.3, -0.25) is 4.79 Å². The lowest BCUT2D eigenvalue weighted by molar-refractivity contribution is -0.149. The molecular formula is C13H15ClFN3O3. The Morgan fingerprint density at radius 3 is 2.71 bits per heavy atom. The number of hydrogen-bond donors (Lipinski definition) is 1. The first-order chi connectivity index (χ1) is 9.74. The average molecular weight is 316 g/mol. The van der Waals surface area contributed by atoms with Crippen LogP contribution < -0.4 is 0 Å². The van der Waals surface area contributed by atoms with Crippen LogP contribution in [-0.4, -0.2) is 50.6 Å². The minimum atomic E-state index is -2.41. The number of carboxylic acids is 1. The fourth-order valence-corrected chi connectivity index (χ4v) is 2.25. The molecule has 1 fully saturated rings. The highest BCUT2D eigenvalue weighted by atomic mass is 35.5. The van der Waals surface area contributed by atoms with Crippen LogP contribution in [0.2, 0.25) is 5.02 Å². The van der Waals surface area contributed by atoms with Crippen molar-refractivity contribution in [3.05, 3.63) is 22.7 Å². The number of carbonyl (C=O) groups excluding carboxylic acids is 1. The van der Waals surface area contributed by atoms with Crippen LogP contribution in [0.4, 0.5) is 4.39 Å². The molecule has 6 nitrogen and oxygen atoms in total. The Morgan fingerprint density at radius 1 is 1.52 bits per heavy atom. The molecule has 0 saturated carbocycles. The SMILES string of the molecule is CC(C)c1ncc(Cl)c(C(=O)N2CCC(F)(C(=O)O)C2)n1. The van der Waals surface area contributed by atoms with Crippen LogP contribution in [-0.2, 0) is 4.79 Å². The molecule has 0 bridgehead atoms. The standard InChI is InChI=1S/C13H15ClFN3O3/c1-7(2)10-16-5-8(14)9(17-10)11(19)18-4-3-13(15,6-18)12(20)21/h5,7H,3-4,6H2,1-2H3,(H,20,21). The zero-order valence-corrected chi connectivity index (χ0v) is 12.4. The summed E-state index contributed by atoms with van der Waals surface area (Å²) in [5.41, 5.74) is -2.43. The van der Waals surface area contributed by atoms with Crippen molar-refractivity contribution in [2.45, 2.75) is 31.9 Å². The van der Waals surface area contributed by atoms with Gasteiger partial charge in [0.2, 0.25) is 5.67 Å². The Morgan fingerprint density at radius 2 is 2.19 bits per heavy atom. The van der Waals surface area contributed by atoms with Gasteiger partial charge in [0.25, 0.3) is 5.91 Å². The summed E-state index contributed by atoms with van der Waals surface area (Å²) in [6, 6.07) is 0. The molecule has 1 aromatic rings. The summed E-state index contributed by atoms with van der Waals surface area (Å²) in [6.07, 6.45) is 1.08. The van der Waals surface area contributed by atoms with Crippen LogP contribution in [0.3, 0.4) is 0 Å². The molecule has 0 aromatic carbocycles. The number of alkyl halides is 1. The van der Waals surface area contributed by atoms with E-state index < -0.39 is 24.1 Å². The Balaban J connectivity index is 2.26. The van der Waals surface area contributed by atoms with Crippen LogP contribution >= 0.6 is 11.6 Å². The molecule has 1 atom stereocenters. The maximum atomic E-state index is 14.0. The van der Waals surface area contributed by atoms with E-state index in [-0.39, 0.29) is 29.6 Å². The van der Waals surface area contributed by atoms with Crippen molar-refractivity contribution in [1.82, 2.24) is 14.9 Å². The van der Waals surface area contributed by atoms with E-state index in [1.165, 1.54) is 6.20 Å². The largest absolute Gasteiger partial charge is 0.479 e. The van der Waals surface area contributed by atoms with E-state index in [2.05, 4.69) is 9.97 Å². The molecule has 0 aliphatic carbocycles. The average Bonchev–Trinajstić information content (AvgIpc) is 2.82. The van der Waals surface area contributed by atoms with Crippen LogP contribution in [0, 0.1) is 0 Å². The van der Waals surface area contributed by atoms with Crippen molar-refractivity contribution in [2.24, 2.45) is 0 Å². The number of halogens is 2. The lowest BCUT2D eigenvalue weighted by Crippen LogP contribution is -2.39. The first kappa shape index (κ1) is 15.6. The van der Waals surface area contributed by atoms with Gasteiger partial charge in [-0.1, -0.05) is 25.4 Å². The lowest BCUT2D eigenvalue weighted by atomic mass is 10.1. The van der Waals surface area contributed by atoms with E-state index in [4.69, 9.17) is 16.7 Å². The summed E-state index contributed by atoms with van der Waals surface area (Å²) in [5, 5.41) is 8.92. The number of amides is 1. The molecule has 8 heteroatoms. The number of carbonyl (C=O) groups is 2. The first-order valence-electron chi connectivity index (χ1n) is 6.48. The second-order valence-electron chi connectivity index (χ2n) is 5.33. The van der Waals surface area contributed by atoms with Gasteiger partial charge in [-0.2, -0.15) is 0 Å². The highest BCUT2D eigenvalue weighted by Crippen LogP contribution is 2.28. The summed E-state index contributed by atoms with van der Waals surface area (Å²) in [6.45, 7) is 3.24. The third-order valence-electron chi connectivity index (χ3n) is 3.37. The molecule has 1 aromatic heterocycles. The lowest BCUT2D eigenvalue weighted by Gasteiger charge is -2.18. The zero-order chi connectivity index (χ0) is 15.8. The predicted octanol–water partition coefficient (Wildman–Crippen LogP) is 1.89. The molecule has 114 valence electrons. The van der Waals surface area contributed by atoms with Gasteiger partial charge >= 0.3 is 5.97 Å². The monoisotopic (exact) mass is 315 g/mol. The van der Waals surface area contributed by atoms with Crippen LogP contribution in [0.1, 0.15) is 42.5 Å². The minimum Gasteiger partial charge on any atom is -0.479 e. The molecule has 2 rings (SSSR count). The number of aromatic nitrogens is 2. The highest BCUT2D eigenvalue weighted by molar-refractivity contribution is 6.33.